The first kappa shape index (κ1) is 16.6. The molecule has 2 rings (SSSR count). The molecule has 23 heavy (non-hydrogen) atoms. The summed E-state index contributed by atoms with van der Waals surface area (Å²) in [6, 6.07) is 3.84. The lowest BCUT2D eigenvalue weighted by molar-refractivity contribution is -0.234. The Labute approximate surface area is 131 Å². The molecule has 1 aromatic rings. The lowest BCUT2D eigenvalue weighted by Crippen LogP contribution is -2.30. The molecule has 0 aromatic heterocycles. The van der Waals surface area contributed by atoms with Crippen LogP contribution < -0.4 is 0 Å². The van der Waals surface area contributed by atoms with Crippen LogP contribution in [0.15, 0.2) is 18.2 Å². The molecule has 0 aliphatic carbocycles. The minimum absolute atomic E-state index is 0.0470. The second-order valence-corrected chi connectivity index (χ2v) is 5.10. The van der Waals surface area contributed by atoms with Crippen LogP contribution in [0.4, 0.5) is 0 Å². The van der Waals surface area contributed by atoms with E-state index in [2.05, 4.69) is 4.89 Å². The van der Waals surface area contributed by atoms with Gasteiger partial charge < -0.3 is 9.99 Å². The summed E-state index contributed by atoms with van der Waals surface area (Å²) in [6.45, 7) is 0.183. The van der Waals surface area contributed by atoms with Crippen molar-refractivity contribution in [2.24, 2.45) is 0 Å². The standard InChI is InChI=1S/C15H15NO7/c17-12(23-22)4-2-1-3-7-16-13(18)10-6-5-9(15(20)21)8-11(10)14(16)19/h5-6,8,22H,1-4,7H2,(H,20,21). The van der Waals surface area contributed by atoms with E-state index in [1.165, 1.54) is 18.2 Å². The Hall–Kier alpha value is -2.74. The zero-order valence-electron chi connectivity index (χ0n) is 12.2. The highest BCUT2D eigenvalue weighted by molar-refractivity contribution is 6.21. The lowest BCUT2D eigenvalue weighted by Gasteiger charge is -2.13. The predicted octanol–water partition coefficient (Wildman–Crippen LogP) is 1.56. The maximum Gasteiger partial charge on any atom is 0.342 e. The van der Waals surface area contributed by atoms with Crippen LogP contribution in [0.2, 0.25) is 0 Å². The molecule has 8 nitrogen and oxygen atoms in total. The number of carbonyl (C=O) groups excluding carboxylic acids is 3. The Bertz CT molecular complexity index is 668. The summed E-state index contributed by atoms with van der Waals surface area (Å²) < 4.78 is 0. The number of carboxylic acid groups (broad SMARTS) is 1. The van der Waals surface area contributed by atoms with Gasteiger partial charge >= 0.3 is 11.9 Å². The van der Waals surface area contributed by atoms with E-state index >= 15 is 0 Å². The van der Waals surface area contributed by atoms with Crippen molar-refractivity contribution in [2.75, 3.05) is 6.54 Å². The number of nitrogens with zero attached hydrogens (tertiary/aromatic N) is 1. The van der Waals surface area contributed by atoms with Crippen LogP contribution in [0.25, 0.3) is 0 Å². The molecular formula is C15H15NO7. The van der Waals surface area contributed by atoms with Gasteiger partial charge in [-0.3, -0.25) is 14.5 Å². The molecule has 1 aromatic carbocycles. The summed E-state index contributed by atoms with van der Waals surface area (Å²) in [6.07, 6.45) is 1.59. The lowest BCUT2D eigenvalue weighted by atomic mass is 10.1. The molecule has 2 N–H and O–H groups in total. The molecule has 8 heteroatoms. The van der Waals surface area contributed by atoms with Gasteiger partial charge in [-0.15, -0.1) is 0 Å². The third-order valence-electron chi connectivity index (χ3n) is 3.58. The first-order valence-corrected chi connectivity index (χ1v) is 7.03. The number of hydrogen-bond donors (Lipinski definition) is 2. The van der Waals surface area contributed by atoms with Crippen molar-refractivity contribution in [3.63, 3.8) is 0 Å². The van der Waals surface area contributed by atoms with Crippen LogP contribution >= 0.6 is 0 Å². The van der Waals surface area contributed by atoms with Crippen molar-refractivity contribution in [1.29, 1.82) is 0 Å². The highest BCUT2D eigenvalue weighted by Gasteiger charge is 2.35. The van der Waals surface area contributed by atoms with E-state index in [1.54, 1.807) is 0 Å². The molecule has 1 aliphatic rings. The highest BCUT2D eigenvalue weighted by atomic mass is 17.1. The van der Waals surface area contributed by atoms with E-state index < -0.39 is 23.8 Å². The SMILES string of the molecule is O=C(CCCCCN1C(=O)c2ccc(C(=O)O)cc2C1=O)OO. The van der Waals surface area contributed by atoms with E-state index in [0.717, 1.165) is 4.90 Å². The minimum atomic E-state index is -1.16. The van der Waals surface area contributed by atoms with Crippen molar-refractivity contribution < 1.29 is 34.4 Å². The number of imide groups is 1. The second kappa shape index (κ2) is 7.01. The smallest absolute Gasteiger partial charge is 0.342 e. The number of amides is 2. The average molecular weight is 321 g/mol. The summed E-state index contributed by atoms with van der Waals surface area (Å²) in [4.78, 5) is 50.6. The van der Waals surface area contributed by atoms with Crippen LogP contribution in [0.1, 0.15) is 56.8 Å². The summed E-state index contributed by atoms with van der Waals surface area (Å²) >= 11 is 0. The van der Waals surface area contributed by atoms with Gasteiger partial charge in [0.2, 0.25) is 0 Å². The Morgan fingerprint density at radius 3 is 2.39 bits per heavy atom. The van der Waals surface area contributed by atoms with Crippen molar-refractivity contribution in [3.8, 4) is 0 Å². The van der Waals surface area contributed by atoms with Gasteiger partial charge in [0, 0.05) is 13.0 Å². The van der Waals surface area contributed by atoms with E-state index in [1.807, 2.05) is 0 Å². The van der Waals surface area contributed by atoms with Gasteiger partial charge in [0.25, 0.3) is 11.8 Å². The number of benzene rings is 1. The van der Waals surface area contributed by atoms with Crippen LogP contribution in [-0.2, 0) is 9.68 Å². The van der Waals surface area contributed by atoms with Crippen molar-refractivity contribution in [3.05, 3.63) is 34.9 Å². The number of rotatable bonds is 7. The van der Waals surface area contributed by atoms with Gasteiger partial charge in [0.15, 0.2) is 0 Å². The van der Waals surface area contributed by atoms with Crippen molar-refractivity contribution >= 4 is 23.8 Å². The summed E-state index contributed by atoms with van der Waals surface area (Å²) in [5.41, 5.74) is 0.247. The number of hydrogen-bond acceptors (Lipinski definition) is 6. The number of carboxylic acids is 1. The topological polar surface area (TPSA) is 121 Å². The fraction of sp³-hybridized carbons (Fsp3) is 0.333. The first-order chi connectivity index (χ1) is 11.0. The molecule has 1 heterocycles. The quantitative estimate of drug-likeness (QED) is 0.338. The Morgan fingerprint density at radius 2 is 1.74 bits per heavy atom. The normalized spacial score (nSPS) is 13.2. The molecule has 122 valence electrons. The molecule has 2 amide bonds. The van der Waals surface area contributed by atoms with Gasteiger partial charge in [-0.05, 0) is 31.0 Å². The maximum absolute atomic E-state index is 12.2. The second-order valence-electron chi connectivity index (χ2n) is 5.10. The van der Waals surface area contributed by atoms with E-state index in [9.17, 15) is 19.2 Å². The highest BCUT2D eigenvalue weighted by Crippen LogP contribution is 2.24. The Balaban J connectivity index is 1.95. The average Bonchev–Trinajstić information content (AvgIpc) is 2.78. The number of fused-ring (bicyclic) bond motifs is 1. The molecule has 0 spiro atoms. The van der Waals surface area contributed by atoms with Gasteiger partial charge in [0.05, 0.1) is 16.7 Å². The third-order valence-corrected chi connectivity index (χ3v) is 3.58. The van der Waals surface area contributed by atoms with E-state index in [0.29, 0.717) is 19.3 Å². The van der Waals surface area contributed by atoms with Crippen LogP contribution in [0, 0.1) is 0 Å². The number of unbranched alkanes of at least 4 members (excludes halogenated alkanes) is 2. The van der Waals surface area contributed by atoms with Gasteiger partial charge in [-0.25, -0.2) is 9.59 Å². The van der Waals surface area contributed by atoms with Crippen LogP contribution in [-0.4, -0.2) is 45.6 Å². The van der Waals surface area contributed by atoms with E-state index in [4.69, 9.17) is 10.4 Å². The molecule has 0 radical (unpaired) electrons. The van der Waals surface area contributed by atoms with Gasteiger partial charge in [0.1, 0.15) is 0 Å². The number of carbonyl (C=O) groups is 4. The molecule has 0 fully saturated rings. The zero-order chi connectivity index (χ0) is 17.0. The third kappa shape index (κ3) is 3.54. The molecule has 0 saturated carbocycles. The summed E-state index contributed by atoms with van der Waals surface area (Å²) in [5.74, 6) is -2.85. The fourth-order valence-corrected chi connectivity index (χ4v) is 2.39. The maximum atomic E-state index is 12.2. The minimum Gasteiger partial charge on any atom is -0.478 e. The van der Waals surface area contributed by atoms with Crippen LogP contribution in [0.3, 0.4) is 0 Å². The predicted molar refractivity (Wildman–Crippen MR) is 76.0 cm³/mol. The van der Waals surface area contributed by atoms with Gasteiger partial charge in [-0.1, -0.05) is 6.42 Å². The fourth-order valence-electron chi connectivity index (χ4n) is 2.39. The Kier molecular flexibility index (Phi) is 5.07. The summed E-state index contributed by atoms with van der Waals surface area (Å²) in [7, 11) is 0. The molecular weight excluding hydrogens is 306 g/mol. The Morgan fingerprint density at radius 1 is 1.04 bits per heavy atom. The van der Waals surface area contributed by atoms with E-state index in [-0.39, 0.29) is 29.7 Å². The van der Waals surface area contributed by atoms with Gasteiger partial charge in [-0.2, -0.15) is 5.26 Å². The van der Waals surface area contributed by atoms with Crippen molar-refractivity contribution in [1.82, 2.24) is 4.90 Å². The molecule has 0 saturated heterocycles. The molecule has 1 aliphatic heterocycles. The number of aromatic carboxylic acids is 1. The molecule has 0 bridgehead atoms. The largest absolute Gasteiger partial charge is 0.478 e. The molecule has 0 atom stereocenters. The van der Waals surface area contributed by atoms with Crippen LogP contribution in [0.5, 0.6) is 0 Å². The monoisotopic (exact) mass is 321 g/mol. The zero-order valence-corrected chi connectivity index (χ0v) is 12.2. The van der Waals surface area contributed by atoms with Crippen molar-refractivity contribution in [2.45, 2.75) is 25.7 Å². The first-order valence-electron chi connectivity index (χ1n) is 7.03. The summed E-state index contributed by atoms with van der Waals surface area (Å²) in [5, 5.41) is 17.0. The molecule has 0 unspecified atom stereocenters.